The molecule has 1 amide bonds. The van der Waals surface area contributed by atoms with Crippen molar-refractivity contribution in [2.45, 2.75) is 17.7 Å². The van der Waals surface area contributed by atoms with Gasteiger partial charge in [-0.3, -0.25) is 4.79 Å². The Labute approximate surface area is 164 Å². The highest BCUT2D eigenvalue weighted by atomic mass is 32.2. The number of piperidine rings is 1. The van der Waals surface area contributed by atoms with E-state index < -0.39 is 15.9 Å². The molecule has 2 aromatic carbocycles. The second-order valence-electron chi connectivity index (χ2n) is 6.86. The van der Waals surface area contributed by atoms with E-state index in [2.05, 4.69) is 5.32 Å². The molecule has 0 radical (unpaired) electrons. The van der Waals surface area contributed by atoms with Crippen molar-refractivity contribution >= 4 is 21.6 Å². The van der Waals surface area contributed by atoms with E-state index in [0.29, 0.717) is 49.8 Å². The first-order valence-corrected chi connectivity index (χ1v) is 10.7. The van der Waals surface area contributed by atoms with Crippen molar-refractivity contribution < 1.29 is 22.7 Å². The maximum atomic E-state index is 12.8. The summed E-state index contributed by atoms with van der Waals surface area (Å²) in [5.74, 6) is 0.660. The number of carbonyl (C=O) groups is 1. The summed E-state index contributed by atoms with van der Waals surface area (Å²) in [7, 11) is -3.60. The molecule has 0 aliphatic carbocycles. The second kappa shape index (κ2) is 7.81. The van der Waals surface area contributed by atoms with E-state index in [1.165, 1.54) is 4.31 Å². The van der Waals surface area contributed by atoms with E-state index in [9.17, 15) is 13.2 Å². The number of nitrogens with zero attached hydrogens (tertiary/aromatic N) is 1. The molecule has 2 aliphatic heterocycles. The monoisotopic (exact) mass is 402 g/mol. The van der Waals surface area contributed by atoms with Gasteiger partial charge in [-0.05, 0) is 37.1 Å². The van der Waals surface area contributed by atoms with Crippen LogP contribution in [0.1, 0.15) is 12.8 Å². The lowest BCUT2D eigenvalue weighted by Gasteiger charge is -2.31. The van der Waals surface area contributed by atoms with Gasteiger partial charge in [-0.1, -0.05) is 18.2 Å². The van der Waals surface area contributed by atoms with Gasteiger partial charge in [0.15, 0.2) is 11.5 Å². The van der Waals surface area contributed by atoms with Gasteiger partial charge in [-0.2, -0.15) is 4.31 Å². The van der Waals surface area contributed by atoms with Crippen LogP contribution in [0.5, 0.6) is 11.5 Å². The standard InChI is InChI=1S/C20H22N2O5S/c23-20(21-16-8-9-18-19(13-16)27-12-11-26-18)15-5-4-10-22(14-15)28(24,25)17-6-2-1-3-7-17/h1-3,6-9,13,15H,4-5,10-12,14H2,(H,21,23)/t15-/m1/s1. The Morgan fingerprint density at radius 2 is 1.79 bits per heavy atom. The molecule has 2 heterocycles. The molecule has 4 rings (SSSR count). The van der Waals surface area contributed by atoms with Gasteiger partial charge >= 0.3 is 0 Å². The van der Waals surface area contributed by atoms with E-state index in [1.807, 2.05) is 0 Å². The molecule has 1 fully saturated rings. The van der Waals surface area contributed by atoms with Crippen molar-refractivity contribution in [2.24, 2.45) is 5.92 Å². The van der Waals surface area contributed by atoms with Crippen LogP contribution in [-0.2, 0) is 14.8 Å². The first kappa shape index (κ1) is 18.8. The molecule has 2 aromatic rings. The predicted octanol–water partition coefficient (Wildman–Crippen LogP) is 2.50. The molecule has 8 heteroatoms. The zero-order valence-corrected chi connectivity index (χ0v) is 16.2. The van der Waals surface area contributed by atoms with Crippen LogP contribution in [0, 0.1) is 5.92 Å². The average Bonchev–Trinajstić information content (AvgIpc) is 2.74. The second-order valence-corrected chi connectivity index (χ2v) is 8.80. The molecule has 1 N–H and O–H groups in total. The fourth-order valence-corrected chi connectivity index (χ4v) is 5.03. The molecular weight excluding hydrogens is 380 g/mol. The van der Waals surface area contributed by atoms with E-state index in [-0.39, 0.29) is 17.3 Å². The van der Waals surface area contributed by atoms with E-state index >= 15 is 0 Å². The lowest BCUT2D eigenvalue weighted by molar-refractivity contribution is -0.120. The van der Waals surface area contributed by atoms with Gasteiger partial charge in [0.25, 0.3) is 0 Å². The van der Waals surface area contributed by atoms with E-state index in [1.54, 1.807) is 48.5 Å². The Kier molecular flexibility index (Phi) is 5.23. The average molecular weight is 402 g/mol. The van der Waals surface area contributed by atoms with Gasteiger partial charge in [0.05, 0.1) is 10.8 Å². The van der Waals surface area contributed by atoms with E-state index in [0.717, 1.165) is 0 Å². The Morgan fingerprint density at radius 1 is 1.04 bits per heavy atom. The highest BCUT2D eigenvalue weighted by Gasteiger charge is 2.33. The number of ether oxygens (including phenoxy) is 2. The minimum absolute atomic E-state index is 0.174. The van der Waals surface area contributed by atoms with Crippen molar-refractivity contribution in [2.75, 3.05) is 31.6 Å². The van der Waals surface area contributed by atoms with Crippen LogP contribution in [0.4, 0.5) is 5.69 Å². The summed E-state index contributed by atoms with van der Waals surface area (Å²) in [6, 6.07) is 13.6. The highest BCUT2D eigenvalue weighted by molar-refractivity contribution is 7.89. The summed E-state index contributed by atoms with van der Waals surface area (Å²) < 4.78 is 38.1. The molecule has 0 spiro atoms. The van der Waals surface area contributed by atoms with Crippen LogP contribution in [0.25, 0.3) is 0 Å². The van der Waals surface area contributed by atoms with Crippen LogP contribution >= 0.6 is 0 Å². The fourth-order valence-electron chi connectivity index (χ4n) is 3.48. The van der Waals surface area contributed by atoms with Crippen LogP contribution in [0.2, 0.25) is 0 Å². The Balaban J connectivity index is 1.45. The van der Waals surface area contributed by atoms with E-state index in [4.69, 9.17) is 9.47 Å². The lowest BCUT2D eigenvalue weighted by atomic mass is 9.98. The number of hydrogen-bond donors (Lipinski definition) is 1. The molecule has 0 unspecified atom stereocenters. The van der Waals surface area contributed by atoms with Gasteiger partial charge in [-0.15, -0.1) is 0 Å². The summed E-state index contributed by atoms with van der Waals surface area (Å²) in [5.41, 5.74) is 0.609. The predicted molar refractivity (Wildman–Crippen MR) is 104 cm³/mol. The number of fused-ring (bicyclic) bond motifs is 1. The number of anilines is 1. The zero-order valence-electron chi connectivity index (χ0n) is 15.3. The minimum Gasteiger partial charge on any atom is -0.486 e. The van der Waals surface area contributed by atoms with Crippen molar-refractivity contribution in [3.8, 4) is 11.5 Å². The van der Waals surface area contributed by atoms with Crippen LogP contribution in [0.15, 0.2) is 53.4 Å². The summed E-state index contributed by atoms with van der Waals surface area (Å²) in [6.07, 6.45) is 1.29. The molecular formula is C20H22N2O5S. The quantitative estimate of drug-likeness (QED) is 0.849. The number of amides is 1. The molecule has 7 nitrogen and oxygen atoms in total. The summed E-state index contributed by atoms with van der Waals surface area (Å²) in [4.78, 5) is 13.0. The summed E-state index contributed by atoms with van der Waals surface area (Å²) in [6.45, 7) is 1.57. The smallest absolute Gasteiger partial charge is 0.243 e. The summed E-state index contributed by atoms with van der Waals surface area (Å²) in [5, 5.41) is 2.88. The maximum absolute atomic E-state index is 12.8. The molecule has 1 atom stereocenters. The van der Waals surface area contributed by atoms with Crippen LogP contribution in [-0.4, -0.2) is 44.9 Å². The fraction of sp³-hybridized carbons (Fsp3) is 0.350. The number of hydrogen-bond acceptors (Lipinski definition) is 5. The number of rotatable bonds is 4. The third-order valence-electron chi connectivity index (χ3n) is 4.95. The first-order valence-electron chi connectivity index (χ1n) is 9.30. The van der Waals surface area contributed by atoms with Crippen molar-refractivity contribution in [1.82, 2.24) is 4.31 Å². The van der Waals surface area contributed by atoms with Crippen molar-refractivity contribution in [3.05, 3.63) is 48.5 Å². The minimum atomic E-state index is -3.60. The lowest BCUT2D eigenvalue weighted by Crippen LogP contribution is -2.43. The van der Waals surface area contributed by atoms with Crippen molar-refractivity contribution in [1.29, 1.82) is 0 Å². The third-order valence-corrected chi connectivity index (χ3v) is 6.82. The molecule has 0 bridgehead atoms. The first-order chi connectivity index (χ1) is 13.5. The summed E-state index contributed by atoms with van der Waals surface area (Å²) >= 11 is 0. The van der Waals surface area contributed by atoms with Gasteiger partial charge in [-0.25, -0.2) is 8.42 Å². The number of sulfonamides is 1. The van der Waals surface area contributed by atoms with Gasteiger partial charge in [0, 0.05) is 24.8 Å². The van der Waals surface area contributed by atoms with Gasteiger partial charge < -0.3 is 14.8 Å². The van der Waals surface area contributed by atoms with Gasteiger partial charge in [0.2, 0.25) is 15.9 Å². The molecule has 148 valence electrons. The Hall–Kier alpha value is -2.58. The number of nitrogens with one attached hydrogen (secondary N) is 1. The maximum Gasteiger partial charge on any atom is 0.243 e. The normalized spacial score (nSPS) is 19.8. The molecule has 28 heavy (non-hydrogen) atoms. The van der Waals surface area contributed by atoms with Crippen LogP contribution in [0.3, 0.4) is 0 Å². The highest BCUT2D eigenvalue weighted by Crippen LogP contribution is 2.33. The molecule has 0 saturated carbocycles. The third kappa shape index (κ3) is 3.83. The molecule has 2 aliphatic rings. The van der Waals surface area contributed by atoms with Crippen LogP contribution < -0.4 is 14.8 Å². The topological polar surface area (TPSA) is 84.9 Å². The molecule has 1 saturated heterocycles. The molecule has 0 aromatic heterocycles. The van der Waals surface area contributed by atoms with Crippen molar-refractivity contribution in [3.63, 3.8) is 0 Å². The SMILES string of the molecule is O=C(Nc1ccc2c(c1)OCCO2)[C@@H]1CCCN(S(=O)(=O)c2ccccc2)C1. The number of carbonyl (C=O) groups excluding carboxylic acids is 1. The number of benzene rings is 2. The Morgan fingerprint density at radius 3 is 2.57 bits per heavy atom. The van der Waals surface area contributed by atoms with Gasteiger partial charge in [0.1, 0.15) is 13.2 Å². The zero-order chi connectivity index (χ0) is 19.6. The largest absolute Gasteiger partial charge is 0.486 e. The Bertz CT molecular complexity index is 962.